The average Bonchev–Trinajstić information content (AvgIpc) is 3.09. The Morgan fingerprint density at radius 2 is 2.47 bits per heavy atom. The first-order chi connectivity index (χ1) is 8.36. The van der Waals surface area contributed by atoms with Crippen molar-refractivity contribution in [3.05, 3.63) is 22.4 Å². The molecule has 1 N–H and O–H groups in total. The molecule has 2 aliphatic heterocycles. The molecular formula is C12H16N2OS2. The number of amides is 1. The van der Waals surface area contributed by atoms with Gasteiger partial charge in [0.15, 0.2) is 0 Å². The van der Waals surface area contributed by atoms with E-state index in [9.17, 15) is 4.79 Å². The maximum atomic E-state index is 12.4. The van der Waals surface area contributed by atoms with Gasteiger partial charge in [-0.2, -0.15) is 11.3 Å². The standard InChI is InChI=1S/C12H16N2OS2/c15-12(10-7-17-8-13-10)14-4-1-2-11(14)9-3-5-16-6-9/h3,5-6,10-11,13H,1-2,4,7-8H2. The van der Waals surface area contributed by atoms with Crippen molar-refractivity contribution in [2.24, 2.45) is 0 Å². The van der Waals surface area contributed by atoms with Crippen LogP contribution < -0.4 is 5.32 Å². The second kappa shape index (κ2) is 5.00. The van der Waals surface area contributed by atoms with Gasteiger partial charge in [0, 0.05) is 18.2 Å². The highest BCUT2D eigenvalue weighted by Crippen LogP contribution is 2.33. The smallest absolute Gasteiger partial charge is 0.241 e. The number of hydrogen-bond donors (Lipinski definition) is 1. The number of thiophene rings is 1. The Hall–Kier alpha value is -0.520. The molecule has 2 saturated heterocycles. The molecule has 2 aliphatic rings. The number of hydrogen-bond acceptors (Lipinski definition) is 4. The van der Waals surface area contributed by atoms with Crippen LogP contribution in [0.1, 0.15) is 24.4 Å². The van der Waals surface area contributed by atoms with Crippen LogP contribution in [0.15, 0.2) is 16.8 Å². The van der Waals surface area contributed by atoms with Crippen LogP contribution in [-0.4, -0.2) is 35.0 Å². The quantitative estimate of drug-likeness (QED) is 0.891. The van der Waals surface area contributed by atoms with Crippen LogP contribution in [0.4, 0.5) is 0 Å². The summed E-state index contributed by atoms with van der Waals surface area (Å²) in [5.41, 5.74) is 1.31. The lowest BCUT2D eigenvalue weighted by Gasteiger charge is -2.26. The van der Waals surface area contributed by atoms with E-state index in [0.29, 0.717) is 11.9 Å². The van der Waals surface area contributed by atoms with Crippen molar-refractivity contribution in [1.82, 2.24) is 10.2 Å². The van der Waals surface area contributed by atoms with Gasteiger partial charge in [-0.25, -0.2) is 0 Å². The molecule has 1 amide bonds. The van der Waals surface area contributed by atoms with Crippen LogP contribution in [-0.2, 0) is 4.79 Å². The molecule has 0 radical (unpaired) electrons. The summed E-state index contributed by atoms with van der Waals surface area (Å²) >= 11 is 3.53. The Balaban J connectivity index is 1.75. The zero-order chi connectivity index (χ0) is 11.7. The third kappa shape index (κ3) is 2.23. The SMILES string of the molecule is O=C(C1CSCN1)N1CCCC1c1ccsc1. The maximum Gasteiger partial charge on any atom is 0.241 e. The summed E-state index contributed by atoms with van der Waals surface area (Å²) in [6, 6.07) is 2.51. The molecule has 0 saturated carbocycles. The third-order valence-corrected chi connectivity index (χ3v) is 5.12. The normalized spacial score (nSPS) is 28.8. The van der Waals surface area contributed by atoms with E-state index < -0.39 is 0 Å². The molecule has 1 aromatic rings. The van der Waals surface area contributed by atoms with Gasteiger partial charge in [0.1, 0.15) is 0 Å². The minimum absolute atomic E-state index is 0.0410. The van der Waals surface area contributed by atoms with E-state index in [-0.39, 0.29) is 6.04 Å². The maximum absolute atomic E-state index is 12.4. The molecule has 3 nitrogen and oxygen atoms in total. The molecule has 5 heteroatoms. The van der Waals surface area contributed by atoms with Crippen LogP contribution in [0.5, 0.6) is 0 Å². The van der Waals surface area contributed by atoms with Crippen molar-refractivity contribution >= 4 is 29.0 Å². The summed E-state index contributed by atoms with van der Waals surface area (Å²) in [5.74, 6) is 2.13. The highest BCUT2D eigenvalue weighted by atomic mass is 32.2. The van der Waals surface area contributed by atoms with Crippen LogP contribution in [0, 0.1) is 0 Å². The first-order valence-electron chi connectivity index (χ1n) is 6.00. The predicted molar refractivity (Wildman–Crippen MR) is 72.3 cm³/mol. The van der Waals surface area contributed by atoms with E-state index in [1.807, 2.05) is 11.8 Å². The lowest BCUT2D eigenvalue weighted by atomic mass is 10.1. The van der Waals surface area contributed by atoms with Crippen molar-refractivity contribution in [1.29, 1.82) is 0 Å². The van der Waals surface area contributed by atoms with Crippen LogP contribution in [0.3, 0.4) is 0 Å². The zero-order valence-corrected chi connectivity index (χ0v) is 11.2. The number of nitrogens with zero attached hydrogens (tertiary/aromatic N) is 1. The number of rotatable bonds is 2. The van der Waals surface area contributed by atoms with Gasteiger partial charge in [-0.05, 0) is 35.2 Å². The monoisotopic (exact) mass is 268 g/mol. The predicted octanol–water partition coefficient (Wildman–Crippen LogP) is 2.07. The molecular weight excluding hydrogens is 252 g/mol. The fraction of sp³-hybridized carbons (Fsp3) is 0.583. The van der Waals surface area contributed by atoms with Gasteiger partial charge < -0.3 is 4.90 Å². The van der Waals surface area contributed by atoms with E-state index in [4.69, 9.17) is 0 Å². The number of thioether (sulfide) groups is 1. The first-order valence-corrected chi connectivity index (χ1v) is 8.10. The van der Waals surface area contributed by atoms with Crippen LogP contribution >= 0.6 is 23.1 Å². The van der Waals surface area contributed by atoms with Gasteiger partial charge in [-0.3, -0.25) is 10.1 Å². The Kier molecular flexibility index (Phi) is 3.40. The van der Waals surface area contributed by atoms with Crippen molar-refractivity contribution in [2.75, 3.05) is 18.2 Å². The van der Waals surface area contributed by atoms with E-state index in [1.54, 1.807) is 11.3 Å². The van der Waals surface area contributed by atoms with Crippen molar-refractivity contribution in [3.63, 3.8) is 0 Å². The van der Waals surface area contributed by atoms with E-state index >= 15 is 0 Å². The largest absolute Gasteiger partial charge is 0.334 e. The fourth-order valence-corrected chi connectivity index (χ4v) is 4.24. The Morgan fingerprint density at radius 3 is 3.18 bits per heavy atom. The molecule has 2 atom stereocenters. The minimum atomic E-state index is 0.0410. The zero-order valence-electron chi connectivity index (χ0n) is 9.59. The van der Waals surface area contributed by atoms with Gasteiger partial charge in [0.2, 0.25) is 5.91 Å². The number of nitrogens with one attached hydrogen (secondary N) is 1. The Labute approximate surface area is 110 Å². The molecule has 3 heterocycles. The molecule has 0 spiro atoms. The molecule has 2 fully saturated rings. The van der Waals surface area contributed by atoms with Gasteiger partial charge in [0.25, 0.3) is 0 Å². The summed E-state index contributed by atoms with van der Waals surface area (Å²) in [6.07, 6.45) is 2.24. The van der Waals surface area contributed by atoms with Gasteiger partial charge >= 0.3 is 0 Å². The molecule has 0 bridgehead atoms. The van der Waals surface area contributed by atoms with Crippen LogP contribution in [0.25, 0.3) is 0 Å². The van der Waals surface area contributed by atoms with Gasteiger partial charge in [0.05, 0.1) is 12.1 Å². The molecule has 17 heavy (non-hydrogen) atoms. The summed E-state index contributed by atoms with van der Waals surface area (Å²) < 4.78 is 0. The fourth-order valence-electron chi connectivity index (χ4n) is 2.60. The van der Waals surface area contributed by atoms with Crippen molar-refractivity contribution < 1.29 is 4.79 Å². The Bertz CT molecular complexity index is 387. The molecule has 0 aromatic carbocycles. The average molecular weight is 268 g/mol. The highest BCUT2D eigenvalue weighted by Gasteiger charge is 2.35. The first kappa shape index (κ1) is 11.6. The van der Waals surface area contributed by atoms with Crippen molar-refractivity contribution in [2.45, 2.75) is 24.9 Å². The Morgan fingerprint density at radius 1 is 1.53 bits per heavy atom. The molecule has 92 valence electrons. The van der Waals surface area contributed by atoms with E-state index in [2.05, 4.69) is 27.0 Å². The summed E-state index contributed by atoms with van der Waals surface area (Å²) in [4.78, 5) is 14.5. The van der Waals surface area contributed by atoms with E-state index in [1.165, 1.54) is 5.56 Å². The number of likely N-dealkylation sites (tertiary alicyclic amines) is 1. The summed E-state index contributed by atoms with van der Waals surface area (Å²) in [6.45, 7) is 0.919. The summed E-state index contributed by atoms with van der Waals surface area (Å²) in [7, 11) is 0. The molecule has 2 unspecified atom stereocenters. The molecule has 3 rings (SSSR count). The highest BCUT2D eigenvalue weighted by molar-refractivity contribution is 7.99. The lowest BCUT2D eigenvalue weighted by molar-refractivity contribution is -0.133. The van der Waals surface area contributed by atoms with Crippen LogP contribution in [0.2, 0.25) is 0 Å². The third-order valence-electron chi connectivity index (χ3n) is 3.48. The second-order valence-corrected chi connectivity index (χ2v) is 6.33. The van der Waals surface area contributed by atoms with Crippen molar-refractivity contribution in [3.8, 4) is 0 Å². The molecule has 1 aromatic heterocycles. The lowest BCUT2D eigenvalue weighted by Crippen LogP contribution is -2.44. The number of carbonyl (C=O) groups is 1. The summed E-state index contributed by atoms with van der Waals surface area (Å²) in [5, 5.41) is 7.54. The van der Waals surface area contributed by atoms with Gasteiger partial charge in [-0.15, -0.1) is 11.8 Å². The minimum Gasteiger partial charge on any atom is -0.334 e. The number of carbonyl (C=O) groups excluding carboxylic acids is 1. The topological polar surface area (TPSA) is 32.3 Å². The second-order valence-electron chi connectivity index (χ2n) is 4.52. The van der Waals surface area contributed by atoms with Gasteiger partial charge in [-0.1, -0.05) is 0 Å². The molecule has 0 aliphatic carbocycles. The van der Waals surface area contributed by atoms with E-state index in [0.717, 1.165) is 31.0 Å².